The van der Waals surface area contributed by atoms with Crippen molar-refractivity contribution in [2.75, 3.05) is 5.32 Å². The molecule has 0 aliphatic carbocycles. The fraction of sp³-hybridized carbons (Fsp3) is 0.0526. The van der Waals surface area contributed by atoms with Gasteiger partial charge < -0.3 is 15.5 Å². The average molecular weight is 348 g/mol. The minimum absolute atomic E-state index is 0.211. The highest BCUT2D eigenvalue weighted by Gasteiger charge is 2.09. The van der Waals surface area contributed by atoms with Gasteiger partial charge in [0.25, 0.3) is 0 Å². The van der Waals surface area contributed by atoms with Crippen LogP contribution in [0, 0.1) is 0 Å². The Morgan fingerprint density at radius 1 is 1.00 bits per heavy atom. The fourth-order valence-corrected chi connectivity index (χ4v) is 2.21. The monoisotopic (exact) mass is 348 g/mol. The third-order valence-corrected chi connectivity index (χ3v) is 3.57. The second-order valence-electron chi connectivity index (χ2n) is 5.44. The number of carbonyl (C=O) groups is 1. The molecule has 0 atom stereocenters. The molecule has 0 unspecified atom stereocenters. The van der Waals surface area contributed by atoms with Gasteiger partial charge in [-0.3, -0.25) is 0 Å². The predicted molar refractivity (Wildman–Crippen MR) is 97.2 cm³/mol. The van der Waals surface area contributed by atoms with E-state index in [0.717, 1.165) is 11.4 Å². The topological polar surface area (TPSA) is 107 Å². The van der Waals surface area contributed by atoms with Crippen LogP contribution in [0.25, 0.3) is 0 Å². The number of carboxylic acid groups (broad SMARTS) is 1. The zero-order valence-corrected chi connectivity index (χ0v) is 13.7. The molecule has 3 N–H and O–H groups in total. The van der Waals surface area contributed by atoms with Crippen molar-refractivity contribution in [3.8, 4) is 5.75 Å². The van der Waals surface area contributed by atoms with Crippen LogP contribution in [0.1, 0.15) is 15.9 Å². The summed E-state index contributed by atoms with van der Waals surface area (Å²) in [7, 11) is 0. The molecule has 0 bridgehead atoms. The van der Waals surface area contributed by atoms with Gasteiger partial charge in [-0.2, -0.15) is 10.2 Å². The molecule has 1 aromatic heterocycles. The summed E-state index contributed by atoms with van der Waals surface area (Å²) in [6, 6.07) is 17.2. The summed E-state index contributed by atoms with van der Waals surface area (Å²) in [6.07, 6.45) is 1.73. The smallest absolute Gasteiger partial charge is 0.339 e. The van der Waals surface area contributed by atoms with E-state index in [1.54, 1.807) is 6.20 Å². The van der Waals surface area contributed by atoms with E-state index < -0.39 is 5.97 Å². The van der Waals surface area contributed by atoms with E-state index in [-0.39, 0.29) is 11.3 Å². The van der Waals surface area contributed by atoms with Crippen molar-refractivity contribution >= 4 is 23.2 Å². The number of aromatic carboxylic acids is 1. The maximum absolute atomic E-state index is 11.0. The molecule has 2 aromatic carbocycles. The number of nitrogens with one attached hydrogen (secondary N) is 1. The third kappa shape index (κ3) is 4.41. The first-order valence-electron chi connectivity index (χ1n) is 7.84. The zero-order chi connectivity index (χ0) is 18.4. The second kappa shape index (κ2) is 7.89. The van der Waals surface area contributed by atoms with Crippen molar-refractivity contribution in [3.63, 3.8) is 0 Å². The van der Waals surface area contributed by atoms with Crippen molar-refractivity contribution in [1.29, 1.82) is 0 Å². The van der Waals surface area contributed by atoms with Crippen LogP contribution >= 0.6 is 0 Å². The lowest BCUT2D eigenvalue weighted by atomic mass is 10.2. The van der Waals surface area contributed by atoms with Gasteiger partial charge in [-0.15, -0.1) is 0 Å². The number of rotatable bonds is 6. The van der Waals surface area contributed by atoms with E-state index in [0.29, 0.717) is 17.9 Å². The first-order chi connectivity index (χ1) is 12.6. The molecule has 3 aromatic rings. The van der Waals surface area contributed by atoms with E-state index in [1.165, 1.54) is 18.2 Å². The van der Waals surface area contributed by atoms with Crippen LogP contribution in [0.4, 0.5) is 17.2 Å². The lowest BCUT2D eigenvalue weighted by molar-refractivity contribution is 0.0694. The number of benzene rings is 2. The van der Waals surface area contributed by atoms with Crippen molar-refractivity contribution in [3.05, 3.63) is 78.0 Å². The van der Waals surface area contributed by atoms with Crippen LogP contribution in [0.15, 0.2) is 77.1 Å². The molecule has 0 saturated heterocycles. The third-order valence-electron chi connectivity index (χ3n) is 3.57. The van der Waals surface area contributed by atoms with Gasteiger partial charge >= 0.3 is 5.97 Å². The SMILES string of the molecule is O=C(O)c1cc(/N=N\c2ccc(CNc3ccccn3)cc2)ccc1O. The largest absolute Gasteiger partial charge is 0.507 e. The molecule has 0 aliphatic rings. The molecule has 3 rings (SSSR count). The molecule has 0 spiro atoms. The molecule has 0 aliphatic heterocycles. The number of carboxylic acids is 1. The number of phenols is 1. The molecule has 7 nitrogen and oxygen atoms in total. The predicted octanol–water partition coefficient (Wildman–Crippen LogP) is 4.51. The standard InChI is InChI=1S/C19H16N4O3/c24-17-9-8-15(11-16(17)19(25)26)23-22-14-6-4-13(5-7-14)12-21-18-3-1-2-10-20-18/h1-11,24H,12H2,(H,20,21)(H,25,26)/b23-22-. The summed E-state index contributed by atoms with van der Waals surface area (Å²) in [5, 5.41) is 29.8. The van der Waals surface area contributed by atoms with Crippen LogP contribution in [-0.4, -0.2) is 21.2 Å². The Labute approximate surface area is 149 Å². The molecule has 0 radical (unpaired) electrons. The van der Waals surface area contributed by atoms with Gasteiger partial charge in [0.05, 0.1) is 11.4 Å². The van der Waals surface area contributed by atoms with Crippen molar-refractivity contribution in [2.45, 2.75) is 6.54 Å². The van der Waals surface area contributed by atoms with Gasteiger partial charge in [0.1, 0.15) is 17.1 Å². The average Bonchev–Trinajstić information content (AvgIpc) is 2.67. The molecule has 1 heterocycles. The Balaban J connectivity index is 1.64. The first-order valence-corrected chi connectivity index (χ1v) is 7.84. The van der Waals surface area contributed by atoms with Gasteiger partial charge in [0.2, 0.25) is 0 Å². The molecule has 0 saturated carbocycles. The Kier molecular flexibility index (Phi) is 5.19. The van der Waals surface area contributed by atoms with E-state index in [1.807, 2.05) is 42.5 Å². The van der Waals surface area contributed by atoms with Crippen LogP contribution in [-0.2, 0) is 6.54 Å². The summed E-state index contributed by atoms with van der Waals surface area (Å²) in [5.41, 5.74) is 1.84. The van der Waals surface area contributed by atoms with E-state index in [4.69, 9.17) is 5.11 Å². The number of anilines is 1. The highest BCUT2D eigenvalue weighted by atomic mass is 16.4. The van der Waals surface area contributed by atoms with E-state index in [9.17, 15) is 9.90 Å². The number of aromatic hydroxyl groups is 1. The minimum atomic E-state index is -1.22. The molecule has 0 fully saturated rings. The summed E-state index contributed by atoms with van der Waals surface area (Å²) in [4.78, 5) is 15.2. The van der Waals surface area contributed by atoms with Crippen LogP contribution in [0.2, 0.25) is 0 Å². The number of pyridine rings is 1. The van der Waals surface area contributed by atoms with Crippen LogP contribution in [0.3, 0.4) is 0 Å². The molecule has 0 amide bonds. The Morgan fingerprint density at radius 2 is 1.73 bits per heavy atom. The van der Waals surface area contributed by atoms with E-state index in [2.05, 4.69) is 20.5 Å². The molecular weight excluding hydrogens is 332 g/mol. The molecule has 7 heteroatoms. The van der Waals surface area contributed by atoms with Gasteiger partial charge in [0.15, 0.2) is 0 Å². The Morgan fingerprint density at radius 3 is 2.42 bits per heavy atom. The van der Waals surface area contributed by atoms with E-state index >= 15 is 0 Å². The first kappa shape index (κ1) is 17.1. The maximum atomic E-state index is 11.0. The molecule has 130 valence electrons. The normalized spacial score (nSPS) is 10.8. The minimum Gasteiger partial charge on any atom is -0.507 e. The zero-order valence-electron chi connectivity index (χ0n) is 13.7. The number of aromatic nitrogens is 1. The lowest BCUT2D eigenvalue weighted by Gasteiger charge is -2.05. The second-order valence-corrected chi connectivity index (χ2v) is 5.44. The quantitative estimate of drug-likeness (QED) is 0.568. The van der Waals surface area contributed by atoms with Crippen molar-refractivity contribution in [2.24, 2.45) is 10.2 Å². The number of azo groups is 1. The summed E-state index contributed by atoms with van der Waals surface area (Å²) in [6.45, 7) is 0.633. The Bertz CT molecular complexity index is 925. The van der Waals surface area contributed by atoms with Crippen molar-refractivity contribution in [1.82, 2.24) is 4.98 Å². The van der Waals surface area contributed by atoms with Crippen LogP contribution in [0.5, 0.6) is 5.75 Å². The fourth-order valence-electron chi connectivity index (χ4n) is 2.21. The Hall–Kier alpha value is -3.74. The number of hydrogen-bond donors (Lipinski definition) is 3. The van der Waals surface area contributed by atoms with Gasteiger partial charge in [0, 0.05) is 12.7 Å². The highest BCUT2D eigenvalue weighted by Crippen LogP contribution is 2.25. The molecular formula is C19H16N4O3. The number of hydrogen-bond acceptors (Lipinski definition) is 6. The molecule has 26 heavy (non-hydrogen) atoms. The maximum Gasteiger partial charge on any atom is 0.339 e. The van der Waals surface area contributed by atoms with Crippen LogP contribution < -0.4 is 5.32 Å². The van der Waals surface area contributed by atoms with Gasteiger partial charge in [-0.25, -0.2) is 9.78 Å². The summed E-state index contributed by atoms with van der Waals surface area (Å²) in [5.74, 6) is -0.719. The lowest BCUT2D eigenvalue weighted by Crippen LogP contribution is -2.00. The highest BCUT2D eigenvalue weighted by molar-refractivity contribution is 5.91. The van der Waals surface area contributed by atoms with Gasteiger partial charge in [-0.1, -0.05) is 18.2 Å². The van der Waals surface area contributed by atoms with Gasteiger partial charge in [-0.05, 0) is 48.0 Å². The summed E-state index contributed by atoms with van der Waals surface area (Å²) >= 11 is 0. The van der Waals surface area contributed by atoms with Crippen molar-refractivity contribution < 1.29 is 15.0 Å². The summed E-state index contributed by atoms with van der Waals surface area (Å²) < 4.78 is 0. The number of nitrogens with zero attached hydrogens (tertiary/aromatic N) is 3.